The molecule has 18 heavy (non-hydrogen) atoms. The summed E-state index contributed by atoms with van der Waals surface area (Å²) < 4.78 is 1.72. The van der Waals surface area contributed by atoms with Gasteiger partial charge in [-0.1, -0.05) is 12.5 Å². The van der Waals surface area contributed by atoms with Gasteiger partial charge in [-0.25, -0.2) is 4.98 Å². The Morgan fingerprint density at radius 1 is 1.39 bits per heavy atom. The molecule has 5 nitrogen and oxygen atoms in total. The van der Waals surface area contributed by atoms with Crippen molar-refractivity contribution >= 4 is 11.5 Å². The Morgan fingerprint density at radius 3 is 3.06 bits per heavy atom. The highest BCUT2D eigenvalue weighted by molar-refractivity contribution is 5.45. The minimum Gasteiger partial charge on any atom is -0.384 e. The first-order valence-corrected chi connectivity index (χ1v) is 6.54. The topological polar surface area (TPSA) is 59.5 Å². The van der Waals surface area contributed by atoms with Gasteiger partial charge < -0.3 is 10.6 Å². The van der Waals surface area contributed by atoms with Gasteiger partial charge in [-0.05, 0) is 38.6 Å². The van der Waals surface area contributed by atoms with Crippen LogP contribution in [-0.2, 0) is 6.42 Å². The number of likely N-dealkylation sites (tertiary alicyclic amines) is 1. The number of hydrogen-bond donors (Lipinski definition) is 1. The van der Waals surface area contributed by atoms with Crippen LogP contribution in [0.3, 0.4) is 0 Å². The highest BCUT2D eigenvalue weighted by Crippen LogP contribution is 2.18. The van der Waals surface area contributed by atoms with Gasteiger partial charge in [0.25, 0.3) is 0 Å². The summed E-state index contributed by atoms with van der Waals surface area (Å²) in [6.45, 7) is 1.18. The van der Waals surface area contributed by atoms with E-state index in [1.165, 1.54) is 25.8 Å². The van der Waals surface area contributed by atoms with Crippen LogP contribution in [0.2, 0.25) is 0 Å². The maximum atomic E-state index is 5.88. The average Bonchev–Trinajstić information content (AvgIpc) is 2.76. The van der Waals surface area contributed by atoms with E-state index in [0.29, 0.717) is 11.9 Å². The summed E-state index contributed by atoms with van der Waals surface area (Å²) in [6, 6.07) is 6.27. The van der Waals surface area contributed by atoms with Crippen LogP contribution < -0.4 is 5.73 Å². The Morgan fingerprint density at radius 2 is 2.28 bits per heavy atom. The van der Waals surface area contributed by atoms with Crippen molar-refractivity contribution in [3.63, 3.8) is 0 Å². The molecule has 0 saturated carbocycles. The van der Waals surface area contributed by atoms with E-state index in [0.717, 1.165) is 17.9 Å². The lowest BCUT2D eigenvalue weighted by molar-refractivity contribution is 0.182. The van der Waals surface area contributed by atoms with E-state index in [-0.39, 0.29) is 0 Å². The SMILES string of the molecule is CN1CCCCC1Cc1nc2cccc(N)n2n1. The molecule has 1 aliphatic rings. The van der Waals surface area contributed by atoms with Crippen LogP contribution in [0.25, 0.3) is 5.65 Å². The van der Waals surface area contributed by atoms with Crippen LogP contribution in [0.4, 0.5) is 5.82 Å². The summed E-state index contributed by atoms with van der Waals surface area (Å²) in [5, 5.41) is 4.49. The fourth-order valence-corrected chi connectivity index (χ4v) is 2.67. The van der Waals surface area contributed by atoms with Crippen LogP contribution in [0, 0.1) is 0 Å². The molecule has 2 N–H and O–H groups in total. The standard InChI is InChI=1S/C13H19N5/c1-17-8-3-2-5-10(17)9-12-15-13-7-4-6-11(14)18(13)16-12/h4,6-7,10H,2-3,5,8-9,14H2,1H3. The molecule has 1 unspecified atom stereocenters. The van der Waals surface area contributed by atoms with Crippen molar-refractivity contribution in [3.05, 3.63) is 24.0 Å². The Bertz CT molecular complexity index is 547. The first-order chi connectivity index (χ1) is 8.74. The number of anilines is 1. The largest absolute Gasteiger partial charge is 0.384 e. The summed E-state index contributed by atoms with van der Waals surface area (Å²) in [5.74, 6) is 1.54. The fraction of sp³-hybridized carbons (Fsp3) is 0.538. The molecule has 0 spiro atoms. The lowest BCUT2D eigenvalue weighted by Gasteiger charge is -2.31. The van der Waals surface area contributed by atoms with Gasteiger partial charge in [0, 0.05) is 12.5 Å². The van der Waals surface area contributed by atoms with Crippen molar-refractivity contribution in [3.8, 4) is 0 Å². The van der Waals surface area contributed by atoms with Gasteiger partial charge in [-0.2, -0.15) is 4.52 Å². The van der Waals surface area contributed by atoms with E-state index < -0.39 is 0 Å². The first-order valence-electron chi connectivity index (χ1n) is 6.54. The van der Waals surface area contributed by atoms with Crippen molar-refractivity contribution in [2.24, 2.45) is 0 Å². The molecule has 2 aromatic rings. The zero-order valence-electron chi connectivity index (χ0n) is 10.7. The maximum absolute atomic E-state index is 5.88. The number of piperidine rings is 1. The number of nitrogen functional groups attached to an aromatic ring is 1. The summed E-state index contributed by atoms with van der Waals surface area (Å²) in [7, 11) is 2.19. The highest BCUT2D eigenvalue weighted by Gasteiger charge is 2.21. The fourth-order valence-electron chi connectivity index (χ4n) is 2.67. The molecule has 0 aromatic carbocycles. The molecule has 3 heterocycles. The third-order valence-corrected chi connectivity index (χ3v) is 3.77. The maximum Gasteiger partial charge on any atom is 0.157 e. The molecular weight excluding hydrogens is 226 g/mol. The highest BCUT2D eigenvalue weighted by atomic mass is 15.3. The predicted molar refractivity (Wildman–Crippen MR) is 71.4 cm³/mol. The molecule has 2 aromatic heterocycles. The molecule has 1 saturated heterocycles. The second kappa shape index (κ2) is 4.57. The monoisotopic (exact) mass is 245 g/mol. The lowest BCUT2D eigenvalue weighted by Crippen LogP contribution is -2.37. The van der Waals surface area contributed by atoms with Crippen LogP contribution in [-0.4, -0.2) is 39.1 Å². The third kappa shape index (κ3) is 2.06. The van der Waals surface area contributed by atoms with Crippen molar-refractivity contribution in [1.29, 1.82) is 0 Å². The molecule has 96 valence electrons. The molecule has 0 aliphatic carbocycles. The number of pyridine rings is 1. The van der Waals surface area contributed by atoms with E-state index in [2.05, 4.69) is 22.0 Å². The Labute approximate surface area is 107 Å². The second-order valence-corrected chi connectivity index (χ2v) is 5.08. The summed E-state index contributed by atoms with van der Waals surface area (Å²) in [6.07, 6.45) is 4.77. The Hall–Kier alpha value is -1.62. The molecule has 3 rings (SSSR count). The van der Waals surface area contributed by atoms with E-state index in [9.17, 15) is 0 Å². The van der Waals surface area contributed by atoms with Crippen molar-refractivity contribution < 1.29 is 0 Å². The molecule has 0 amide bonds. The van der Waals surface area contributed by atoms with Crippen molar-refractivity contribution in [2.75, 3.05) is 19.3 Å². The van der Waals surface area contributed by atoms with E-state index >= 15 is 0 Å². The normalized spacial score (nSPS) is 21.5. The average molecular weight is 245 g/mol. The van der Waals surface area contributed by atoms with Gasteiger partial charge in [0.1, 0.15) is 5.82 Å². The number of aromatic nitrogens is 3. The third-order valence-electron chi connectivity index (χ3n) is 3.77. The Kier molecular flexibility index (Phi) is 2.91. The van der Waals surface area contributed by atoms with E-state index in [1.807, 2.05) is 18.2 Å². The molecule has 0 radical (unpaired) electrons. The number of rotatable bonds is 2. The van der Waals surface area contributed by atoms with Crippen LogP contribution in [0.15, 0.2) is 18.2 Å². The quantitative estimate of drug-likeness (QED) is 0.867. The van der Waals surface area contributed by atoms with Gasteiger partial charge in [0.2, 0.25) is 0 Å². The lowest BCUT2D eigenvalue weighted by atomic mass is 10.00. The van der Waals surface area contributed by atoms with Crippen molar-refractivity contribution in [2.45, 2.75) is 31.7 Å². The van der Waals surface area contributed by atoms with Crippen molar-refractivity contribution in [1.82, 2.24) is 19.5 Å². The van der Waals surface area contributed by atoms with Gasteiger partial charge in [0.15, 0.2) is 11.5 Å². The van der Waals surface area contributed by atoms with E-state index in [1.54, 1.807) is 4.52 Å². The van der Waals surface area contributed by atoms with Crippen LogP contribution in [0.5, 0.6) is 0 Å². The minimum absolute atomic E-state index is 0.567. The molecule has 0 bridgehead atoms. The summed E-state index contributed by atoms with van der Waals surface area (Å²) in [5.41, 5.74) is 6.72. The zero-order chi connectivity index (χ0) is 12.5. The number of hydrogen-bond acceptors (Lipinski definition) is 4. The molecular formula is C13H19N5. The van der Waals surface area contributed by atoms with Crippen LogP contribution in [0.1, 0.15) is 25.1 Å². The molecule has 5 heteroatoms. The molecule has 1 aliphatic heterocycles. The number of fused-ring (bicyclic) bond motifs is 1. The number of nitrogens with two attached hydrogens (primary N) is 1. The molecule has 1 fully saturated rings. The second-order valence-electron chi connectivity index (χ2n) is 5.08. The van der Waals surface area contributed by atoms with Gasteiger partial charge in [0.05, 0.1) is 0 Å². The van der Waals surface area contributed by atoms with Gasteiger partial charge >= 0.3 is 0 Å². The zero-order valence-corrected chi connectivity index (χ0v) is 10.7. The number of nitrogens with zero attached hydrogens (tertiary/aromatic N) is 4. The number of likely N-dealkylation sites (N-methyl/N-ethyl adjacent to an activating group) is 1. The summed E-state index contributed by atoms with van der Waals surface area (Å²) in [4.78, 5) is 6.96. The minimum atomic E-state index is 0.567. The summed E-state index contributed by atoms with van der Waals surface area (Å²) >= 11 is 0. The smallest absolute Gasteiger partial charge is 0.157 e. The van der Waals surface area contributed by atoms with Gasteiger partial charge in [-0.15, -0.1) is 5.10 Å². The molecule has 1 atom stereocenters. The van der Waals surface area contributed by atoms with Gasteiger partial charge in [-0.3, -0.25) is 0 Å². The predicted octanol–water partition coefficient (Wildman–Crippen LogP) is 1.34. The first kappa shape index (κ1) is 11.5. The van der Waals surface area contributed by atoms with Crippen LogP contribution >= 0.6 is 0 Å². The Balaban J connectivity index is 1.84. The van der Waals surface area contributed by atoms with E-state index in [4.69, 9.17) is 5.73 Å².